The Kier molecular flexibility index (Phi) is 6.54. The van der Waals surface area contributed by atoms with E-state index in [0.29, 0.717) is 17.7 Å². The van der Waals surface area contributed by atoms with Crippen LogP contribution in [0.4, 0.5) is 18.4 Å². The number of carbonyl (C=O) groups excluding carboxylic acids is 4. The lowest BCUT2D eigenvalue weighted by molar-refractivity contribution is -0.141. The second-order valence-corrected chi connectivity index (χ2v) is 10.1. The third-order valence-electron chi connectivity index (χ3n) is 7.51. The Morgan fingerprint density at radius 1 is 1.18 bits per heavy atom. The zero-order valence-electron chi connectivity index (χ0n) is 21.1. The van der Waals surface area contributed by atoms with E-state index < -0.39 is 41.7 Å². The average Bonchev–Trinajstić information content (AvgIpc) is 3.62. The number of halogens is 2. The fourth-order valence-electron chi connectivity index (χ4n) is 5.30. The SMILES string of the molecule is CNC(=O)NC1=CC=C2C(=CC[C@@]23OC(=O)N(CC(=O)N(Cc2cc(F)cc(F)c2)[C@@H](C)C2CC2)C3=O)C1. The van der Waals surface area contributed by atoms with Gasteiger partial charge in [0.25, 0.3) is 5.91 Å². The van der Waals surface area contributed by atoms with Gasteiger partial charge in [-0.3, -0.25) is 9.59 Å². The third-order valence-corrected chi connectivity index (χ3v) is 7.51. The van der Waals surface area contributed by atoms with Gasteiger partial charge in [-0.15, -0.1) is 0 Å². The molecule has 1 aromatic rings. The zero-order valence-corrected chi connectivity index (χ0v) is 21.1. The molecule has 0 radical (unpaired) electrons. The van der Waals surface area contributed by atoms with E-state index in [0.717, 1.165) is 41.5 Å². The molecule has 38 heavy (non-hydrogen) atoms. The maximum absolute atomic E-state index is 13.8. The molecule has 2 N–H and O–H groups in total. The predicted octanol–water partition coefficient (Wildman–Crippen LogP) is 3.28. The number of allylic oxidation sites excluding steroid dienone is 3. The minimum Gasteiger partial charge on any atom is -0.427 e. The molecule has 1 aromatic carbocycles. The van der Waals surface area contributed by atoms with E-state index in [1.807, 2.05) is 6.92 Å². The van der Waals surface area contributed by atoms with Crippen molar-refractivity contribution >= 4 is 23.9 Å². The van der Waals surface area contributed by atoms with Gasteiger partial charge in [0, 0.05) is 49.8 Å². The summed E-state index contributed by atoms with van der Waals surface area (Å²) >= 11 is 0. The summed E-state index contributed by atoms with van der Waals surface area (Å²) in [6, 6.07) is 2.47. The maximum atomic E-state index is 13.8. The Morgan fingerprint density at radius 3 is 2.55 bits per heavy atom. The summed E-state index contributed by atoms with van der Waals surface area (Å²) in [7, 11) is 1.50. The number of hydrogen-bond acceptors (Lipinski definition) is 5. The molecule has 1 spiro atoms. The number of nitrogens with zero attached hydrogens (tertiary/aromatic N) is 2. The summed E-state index contributed by atoms with van der Waals surface area (Å²) in [5.74, 6) is -2.42. The van der Waals surface area contributed by atoms with Crippen LogP contribution in [-0.2, 0) is 20.9 Å². The van der Waals surface area contributed by atoms with Crippen molar-refractivity contribution in [2.24, 2.45) is 5.92 Å². The number of fused-ring (bicyclic) bond motifs is 2. The number of benzene rings is 1. The number of ether oxygens (including phenoxy) is 1. The summed E-state index contributed by atoms with van der Waals surface area (Å²) < 4.78 is 33.2. The number of hydrogen-bond donors (Lipinski definition) is 2. The van der Waals surface area contributed by atoms with Crippen LogP contribution in [-0.4, -0.2) is 59.0 Å². The van der Waals surface area contributed by atoms with Crippen LogP contribution in [0.2, 0.25) is 0 Å². The number of nitrogens with one attached hydrogen (secondary N) is 2. The van der Waals surface area contributed by atoms with E-state index in [4.69, 9.17) is 4.74 Å². The van der Waals surface area contributed by atoms with Crippen LogP contribution in [0.5, 0.6) is 0 Å². The van der Waals surface area contributed by atoms with Crippen molar-refractivity contribution in [3.05, 3.63) is 70.5 Å². The highest BCUT2D eigenvalue weighted by Gasteiger charge is 2.59. The molecule has 4 aliphatic rings. The van der Waals surface area contributed by atoms with Gasteiger partial charge < -0.3 is 20.3 Å². The summed E-state index contributed by atoms with van der Waals surface area (Å²) in [6.45, 7) is 1.25. The molecule has 0 aromatic heterocycles. The highest BCUT2D eigenvalue weighted by molar-refractivity contribution is 6.08. The number of amides is 5. The van der Waals surface area contributed by atoms with Gasteiger partial charge >= 0.3 is 12.1 Å². The van der Waals surface area contributed by atoms with Crippen LogP contribution in [0.25, 0.3) is 0 Å². The van der Waals surface area contributed by atoms with Gasteiger partial charge in [-0.25, -0.2) is 23.3 Å². The second-order valence-electron chi connectivity index (χ2n) is 10.1. The first-order valence-corrected chi connectivity index (χ1v) is 12.5. The minimum absolute atomic E-state index is 0.0594. The Morgan fingerprint density at radius 2 is 1.89 bits per heavy atom. The van der Waals surface area contributed by atoms with Crippen LogP contribution < -0.4 is 10.6 Å². The molecule has 1 heterocycles. The summed E-state index contributed by atoms with van der Waals surface area (Å²) in [4.78, 5) is 53.8. The molecule has 200 valence electrons. The fourth-order valence-corrected chi connectivity index (χ4v) is 5.30. The van der Waals surface area contributed by atoms with E-state index in [-0.39, 0.29) is 36.5 Å². The standard InChI is InChI=1S/C27H28F2N4O5/c1-15(17-3-4-17)32(13-16-9-19(28)12-20(29)10-16)23(34)14-33-24(35)27(38-26(33)37)8-7-18-11-21(5-6-22(18)27)31-25(36)30-2/h5-7,9-10,12,15,17H,3-4,8,11,13-14H2,1-2H3,(H2,30,31,36)/t15-,27+/m0/s1. The lowest BCUT2D eigenvalue weighted by Crippen LogP contribution is -2.48. The smallest absolute Gasteiger partial charge is 0.418 e. The van der Waals surface area contributed by atoms with Gasteiger partial charge in [0.05, 0.1) is 0 Å². The van der Waals surface area contributed by atoms with Crippen molar-refractivity contribution in [2.75, 3.05) is 13.6 Å². The highest BCUT2D eigenvalue weighted by atomic mass is 19.1. The third kappa shape index (κ3) is 4.68. The molecule has 0 unspecified atom stereocenters. The molecule has 2 fully saturated rings. The Labute approximate surface area is 218 Å². The first-order valence-electron chi connectivity index (χ1n) is 12.5. The Hall–Kier alpha value is -4.02. The second kappa shape index (κ2) is 9.70. The number of carbonyl (C=O) groups is 4. The topological polar surface area (TPSA) is 108 Å². The van der Waals surface area contributed by atoms with Crippen molar-refractivity contribution in [1.29, 1.82) is 0 Å². The van der Waals surface area contributed by atoms with Crippen LogP contribution in [0.3, 0.4) is 0 Å². The normalized spacial score (nSPS) is 22.8. The van der Waals surface area contributed by atoms with Crippen molar-refractivity contribution < 1.29 is 32.7 Å². The van der Waals surface area contributed by atoms with Crippen molar-refractivity contribution in [3.63, 3.8) is 0 Å². The average molecular weight is 527 g/mol. The lowest BCUT2D eigenvalue weighted by atomic mass is 9.87. The minimum atomic E-state index is -1.56. The molecule has 1 saturated heterocycles. The largest absolute Gasteiger partial charge is 0.427 e. The molecule has 1 aliphatic heterocycles. The van der Waals surface area contributed by atoms with Crippen LogP contribution in [0, 0.1) is 17.6 Å². The van der Waals surface area contributed by atoms with Crippen molar-refractivity contribution in [2.45, 2.75) is 50.8 Å². The van der Waals surface area contributed by atoms with Gasteiger partial charge in [-0.2, -0.15) is 0 Å². The Bertz CT molecular complexity index is 1300. The van der Waals surface area contributed by atoms with Gasteiger partial charge in [-0.1, -0.05) is 12.2 Å². The summed E-state index contributed by atoms with van der Waals surface area (Å²) in [5, 5.41) is 5.18. The molecule has 2 atom stereocenters. The lowest BCUT2D eigenvalue weighted by Gasteiger charge is -2.31. The van der Waals surface area contributed by atoms with Crippen molar-refractivity contribution in [1.82, 2.24) is 20.4 Å². The molecule has 3 aliphatic carbocycles. The molecular formula is C27H28F2N4O5. The maximum Gasteiger partial charge on any atom is 0.418 e. The summed E-state index contributed by atoms with van der Waals surface area (Å²) in [5.41, 5.74) is 0.622. The zero-order chi connectivity index (χ0) is 27.2. The van der Waals surface area contributed by atoms with Crippen molar-refractivity contribution in [3.8, 4) is 0 Å². The van der Waals surface area contributed by atoms with E-state index in [1.165, 1.54) is 11.9 Å². The van der Waals surface area contributed by atoms with E-state index >= 15 is 0 Å². The van der Waals surface area contributed by atoms with E-state index in [2.05, 4.69) is 10.6 Å². The Balaban J connectivity index is 1.34. The van der Waals surface area contributed by atoms with Crippen LogP contribution in [0.15, 0.2) is 53.3 Å². The monoisotopic (exact) mass is 526 g/mol. The first-order chi connectivity index (χ1) is 18.1. The highest BCUT2D eigenvalue weighted by Crippen LogP contribution is 2.46. The van der Waals surface area contributed by atoms with E-state index in [1.54, 1.807) is 18.2 Å². The van der Waals surface area contributed by atoms with Crippen LogP contribution >= 0.6 is 0 Å². The number of rotatable bonds is 7. The van der Waals surface area contributed by atoms with Gasteiger partial charge in [0.2, 0.25) is 11.5 Å². The molecular weight excluding hydrogens is 498 g/mol. The van der Waals surface area contributed by atoms with Crippen LogP contribution in [0.1, 0.15) is 38.2 Å². The molecule has 5 amide bonds. The number of urea groups is 1. The molecule has 11 heteroatoms. The molecule has 0 bridgehead atoms. The quantitative estimate of drug-likeness (QED) is 0.567. The van der Waals surface area contributed by atoms with Gasteiger partial charge in [0.1, 0.15) is 18.2 Å². The molecule has 1 saturated carbocycles. The first kappa shape index (κ1) is 25.6. The molecule has 9 nitrogen and oxygen atoms in total. The number of imide groups is 1. The predicted molar refractivity (Wildman–Crippen MR) is 131 cm³/mol. The molecule has 5 rings (SSSR count). The fraction of sp³-hybridized carbons (Fsp3) is 0.407. The van der Waals surface area contributed by atoms with E-state index in [9.17, 15) is 28.0 Å². The van der Waals surface area contributed by atoms with Gasteiger partial charge in [-0.05, 0) is 55.0 Å². The van der Waals surface area contributed by atoms with Gasteiger partial charge in [0.15, 0.2) is 0 Å². The summed E-state index contributed by atoms with van der Waals surface area (Å²) in [6.07, 6.45) is 6.47.